The Kier molecular flexibility index (Phi) is 4.53. The van der Waals surface area contributed by atoms with E-state index in [2.05, 4.69) is 11.1 Å². The van der Waals surface area contributed by atoms with Crippen LogP contribution in [0, 0.1) is 11.3 Å². The first kappa shape index (κ1) is 16.3. The lowest BCUT2D eigenvalue weighted by molar-refractivity contribution is 0.415. The molecule has 0 amide bonds. The van der Waals surface area contributed by atoms with E-state index < -0.39 is 0 Å². The van der Waals surface area contributed by atoms with Crippen LogP contribution in [0.5, 0.6) is 11.5 Å². The quantitative estimate of drug-likeness (QED) is 0.784. The standard InChI is InChI=1S/C20H17N3O2/c1-24-14-9-7-13(8-10-14)16-11-18(23-20(22)17(16)12-21)15-5-3-4-6-19(15)25-2/h3-11H,1-2H3,(H2,22,23). The third-order valence-corrected chi connectivity index (χ3v) is 3.94. The van der Waals surface area contributed by atoms with Gasteiger partial charge in [-0.3, -0.25) is 0 Å². The van der Waals surface area contributed by atoms with Gasteiger partial charge in [0, 0.05) is 11.1 Å². The number of hydrogen-bond donors (Lipinski definition) is 1. The van der Waals surface area contributed by atoms with Gasteiger partial charge >= 0.3 is 0 Å². The molecule has 2 N–H and O–H groups in total. The number of rotatable bonds is 4. The first-order valence-corrected chi connectivity index (χ1v) is 7.66. The molecule has 25 heavy (non-hydrogen) atoms. The fraction of sp³-hybridized carbons (Fsp3) is 0.100. The molecular weight excluding hydrogens is 314 g/mol. The first-order chi connectivity index (χ1) is 12.2. The average Bonchev–Trinajstić information content (AvgIpc) is 2.67. The summed E-state index contributed by atoms with van der Waals surface area (Å²) < 4.78 is 10.6. The van der Waals surface area contributed by atoms with E-state index in [9.17, 15) is 5.26 Å². The molecule has 0 aliphatic rings. The lowest BCUT2D eigenvalue weighted by Crippen LogP contribution is -2.00. The van der Waals surface area contributed by atoms with E-state index in [-0.39, 0.29) is 5.82 Å². The molecule has 2 aromatic carbocycles. The Morgan fingerprint density at radius 2 is 1.68 bits per heavy atom. The molecule has 0 aliphatic carbocycles. The van der Waals surface area contributed by atoms with Crippen LogP contribution in [0.25, 0.3) is 22.4 Å². The maximum absolute atomic E-state index is 9.50. The summed E-state index contributed by atoms with van der Waals surface area (Å²) >= 11 is 0. The number of aromatic nitrogens is 1. The van der Waals surface area contributed by atoms with Gasteiger partial charge in [-0.1, -0.05) is 24.3 Å². The molecule has 0 saturated heterocycles. The number of methoxy groups -OCH3 is 2. The minimum absolute atomic E-state index is 0.191. The smallest absolute Gasteiger partial charge is 0.142 e. The molecule has 5 nitrogen and oxygen atoms in total. The molecule has 1 heterocycles. The van der Waals surface area contributed by atoms with Gasteiger partial charge in [0.15, 0.2) is 0 Å². The summed E-state index contributed by atoms with van der Waals surface area (Å²) in [7, 11) is 3.22. The molecule has 0 atom stereocenters. The molecule has 3 rings (SSSR count). The molecule has 5 heteroatoms. The Hall–Kier alpha value is -3.52. The topological polar surface area (TPSA) is 81.2 Å². The molecule has 124 valence electrons. The van der Waals surface area contributed by atoms with Gasteiger partial charge in [0.2, 0.25) is 0 Å². The lowest BCUT2D eigenvalue weighted by Gasteiger charge is -2.12. The molecule has 0 spiro atoms. The second-order valence-electron chi connectivity index (χ2n) is 5.36. The van der Waals surface area contributed by atoms with E-state index >= 15 is 0 Å². The zero-order valence-electron chi connectivity index (χ0n) is 14.0. The minimum atomic E-state index is 0.191. The van der Waals surface area contributed by atoms with Gasteiger partial charge in [0.25, 0.3) is 0 Å². The summed E-state index contributed by atoms with van der Waals surface area (Å²) in [6.45, 7) is 0. The predicted molar refractivity (Wildman–Crippen MR) is 97.3 cm³/mol. The summed E-state index contributed by atoms with van der Waals surface area (Å²) in [5.41, 5.74) is 9.46. The highest BCUT2D eigenvalue weighted by Crippen LogP contribution is 2.35. The SMILES string of the molecule is COc1ccc(-c2cc(-c3ccccc3OC)nc(N)c2C#N)cc1. The van der Waals surface area contributed by atoms with E-state index in [1.807, 2.05) is 54.6 Å². The van der Waals surface area contributed by atoms with E-state index in [0.717, 1.165) is 22.4 Å². The van der Waals surface area contributed by atoms with Crippen molar-refractivity contribution in [1.29, 1.82) is 5.26 Å². The van der Waals surface area contributed by atoms with Crippen molar-refractivity contribution in [3.63, 3.8) is 0 Å². The molecule has 3 aromatic rings. The van der Waals surface area contributed by atoms with Crippen molar-refractivity contribution in [3.8, 4) is 40.0 Å². The fourth-order valence-electron chi connectivity index (χ4n) is 2.67. The number of benzene rings is 2. The normalized spacial score (nSPS) is 10.1. The maximum atomic E-state index is 9.50. The summed E-state index contributed by atoms with van der Waals surface area (Å²) in [5.74, 6) is 1.63. The largest absolute Gasteiger partial charge is 0.497 e. The van der Waals surface area contributed by atoms with Gasteiger partial charge in [0.05, 0.1) is 19.9 Å². The highest BCUT2D eigenvalue weighted by Gasteiger charge is 2.15. The minimum Gasteiger partial charge on any atom is -0.497 e. The number of hydrogen-bond acceptors (Lipinski definition) is 5. The van der Waals surface area contributed by atoms with Crippen LogP contribution in [0.3, 0.4) is 0 Å². The van der Waals surface area contributed by atoms with Gasteiger partial charge in [-0.2, -0.15) is 5.26 Å². The summed E-state index contributed by atoms with van der Waals surface area (Å²) in [5, 5.41) is 9.50. The molecular formula is C20H17N3O2. The molecule has 0 unspecified atom stereocenters. The molecule has 0 fully saturated rings. The van der Waals surface area contributed by atoms with Crippen LogP contribution in [0.2, 0.25) is 0 Å². The summed E-state index contributed by atoms with van der Waals surface area (Å²) in [4.78, 5) is 4.39. The fourth-order valence-corrected chi connectivity index (χ4v) is 2.67. The van der Waals surface area contributed by atoms with E-state index in [4.69, 9.17) is 15.2 Å². The van der Waals surface area contributed by atoms with Crippen molar-refractivity contribution in [2.75, 3.05) is 20.0 Å². The second kappa shape index (κ2) is 6.93. The number of pyridine rings is 1. The molecule has 1 aromatic heterocycles. The molecule has 0 aliphatic heterocycles. The Morgan fingerprint density at radius 1 is 0.960 bits per heavy atom. The van der Waals surface area contributed by atoms with Crippen LogP contribution >= 0.6 is 0 Å². The van der Waals surface area contributed by atoms with E-state index in [0.29, 0.717) is 17.0 Å². The van der Waals surface area contributed by atoms with Crippen LogP contribution < -0.4 is 15.2 Å². The molecule has 0 bridgehead atoms. The van der Waals surface area contributed by atoms with Crippen LogP contribution in [0.1, 0.15) is 5.56 Å². The van der Waals surface area contributed by atoms with Crippen molar-refractivity contribution in [2.24, 2.45) is 0 Å². The number of nitriles is 1. The van der Waals surface area contributed by atoms with Crippen LogP contribution in [0.4, 0.5) is 5.82 Å². The van der Waals surface area contributed by atoms with E-state index in [1.165, 1.54) is 0 Å². The number of nitrogen functional groups attached to an aromatic ring is 1. The van der Waals surface area contributed by atoms with Gasteiger partial charge in [-0.05, 0) is 35.9 Å². The first-order valence-electron chi connectivity index (χ1n) is 7.66. The maximum Gasteiger partial charge on any atom is 0.142 e. The van der Waals surface area contributed by atoms with Crippen LogP contribution in [0.15, 0.2) is 54.6 Å². The predicted octanol–water partition coefficient (Wildman–Crippen LogP) is 3.89. The Bertz CT molecular complexity index is 944. The summed E-state index contributed by atoms with van der Waals surface area (Å²) in [6.07, 6.45) is 0. The monoisotopic (exact) mass is 331 g/mol. The molecule has 0 saturated carbocycles. The number of nitrogens with zero attached hydrogens (tertiary/aromatic N) is 2. The van der Waals surface area contributed by atoms with Crippen molar-refractivity contribution < 1.29 is 9.47 Å². The van der Waals surface area contributed by atoms with Crippen LogP contribution in [-0.2, 0) is 0 Å². The van der Waals surface area contributed by atoms with Crippen molar-refractivity contribution in [3.05, 3.63) is 60.2 Å². The van der Waals surface area contributed by atoms with Crippen molar-refractivity contribution in [2.45, 2.75) is 0 Å². The average molecular weight is 331 g/mol. The Balaban J connectivity index is 2.20. The number of nitrogens with two attached hydrogens (primary N) is 1. The molecule has 0 radical (unpaired) electrons. The van der Waals surface area contributed by atoms with Gasteiger partial charge < -0.3 is 15.2 Å². The van der Waals surface area contributed by atoms with Crippen molar-refractivity contribution >= 4 is 5.82 Å². The van der Waals surface area contributed by atoms with Gasteiger partial charge in [0.1, 0.15) is 28.9 Å². The van der Waals surface area contributed by atoms with Gasteiger partial charge in [-0.15, -0.1) is 0 Å². The zero-order chi connectivity index (χ0) is 17.8. The number of anilines is 1. The van der Waals surface area contributed by atoms with Crippen LogP contribution in [-0.4, -0.2) is 19.2 Å². The lowest BCUT2D eigenvalue weighted by atomic mass is 9.98. The second-order valence-corrected chi connectivity index (χ2v) is 5.36. The highest BCUT2D eigenvalue weighted by molar-refractivity contribution is 5.81. The Morgan fingerprint density at radius 3 is 2.32 bits per heavy atom. The Labute approximate surface area is 146 Å². The third kappa shape index (κ3) is 3.10. The third-order valence-electron chi connectivity index (χ3n) is 3.94. The van der Waals surface area contributed by atoms with Crippen molar-refractivity contribution in [1.82, 2.24) is 4.98 Å². The number of para-hydroxylation sites is 1. The zero-order valence-corrected chi connectivity index (χ0v) is 14.0. The number of ether oxygens (including phenoxy) is 2. The summed E-state index contributed by atoms with van der Waals surface area (Å²) in [6, 6.07) is 19.0. The van der Waals surface area contributed by atoms with Gasteiger partial charge in [-0.25, -0.2) is 4.98 Å². The highest BCUT2D eigenvalue weighted by atomic mass is 16.5. The van der Waals surface area contributed by atoms with E-state index in [1.54, 1.807) is 14.2 Å².